The molecule has 0 aromatic heterocycles. The molecule has 0 unspecified atom stereocenters. The number of hydrogen-bond donors (Lipinski definition) is 0. The van der Waals surface area contributed by atoms with E-state index in [4.69, 9.17) is 24.7 Å². The third-order valence-electron chi connectivity index (χ3n) is 7.47. The fourth-order valence-corrected chi connectivity index (χ4v) is 5.52. The zero-order valence-electron chi connectivity index (χ0n) is 51.2. The van der Waals surface area contributed by atoms with Crippen molar-refractivity contribution in [3.05, 3.63) is 181 Å². The van der Waals surface area contributed by atoms with E-state index in [0.717, 1.165) is 12.1 Å². The Kier molecular flexibility index (Phi) is 2.49. The lowest BCUT2D eigenvalue weighted by molar-refractivity contribution is 1.63. The van der Waals surface area contributed by atoms with Crippen molar-refractivity contribution >= 4 is 43.1 Å². The summed E-state index contributed by atoms with van der Waals surface area (Å²) in [6.07, 6.45) is 0. The summed E-state index contributed by atoms with van der Waals surface area (Å²) < 4.78 is 250. The normalized spacial score (nSPS) is 20.0. The molecule has 9 rings (SSSR count). The van der Waals surface area contributed by atoms with Crippen LogP contribution in [0.2, 0.25) is 0 Å². The van der Waals surface area contributed by atoms with Gasteiger partial charge in [-0.1, -0.05) is 181 Å². The van der Waals surface area contributed by atoms with Crippen LogP contribution in [0.5, 0.6) is 0 Å². The van der Waals surface area contributed by atoms with Gasteiger partial charge in [-0.3, -0.25) is 0 Å². The van der Waals surface area contributed by atoms with Crippen LogP contribution in [0.4, 0.5) is 0 Å². The van der Waals surface area contributed by atoms with Gasteiger partial charge in [-0.2, -0.15) is 0 Å². The first kappa shape index (κ1) is 10.5. The Balaban J connectivity index is 1.56. The molecule has 0 saturated carbocycles. The van der Waals surface area contributed by atoms with E-state index in [1.165, 1.54) is 0 Å². The fraction of sp³-hybridized carbons (Fsp3) is 0. The Labute approximate surface area is 308 Å². The molecule has 9 aromatic rings. The Morgan fingerprint density at radius 3 is 1.54 bits per heavy atom. The van der Waals surface area contributed by atoms with E-state index in [9.17, 15) is 13.7 Å². The molecule has 0 heteroatoms. The monoisotopic (exact) mass is 610 g/mol. The van der Waals surface area contributed by atoms with E-state index in [2.05, 4.69) is 0 Å². The van der Waals surface area contributed by atoms with E-state index in [-0.39, 0.29) is 0 Å². The molecule has 0 spiro atoms. The van der Waals surface area contributed by atoms with Gasteiger partial charge in [0.25, 0.3) is 0 Å². The van der Waals surface area contributed by atoms with Gasteiger partial charge in [-0.05, 0) is 87.6 Å². The van der Waals surface area contributed by atoms with Crippen molar-refractivity contribution in [2.75, 3.05) is 0 Å². The average molecular weight is 611 g/mol. The minimum Gasteiger partial charge on any atom is -0.0622 e. The van der Waals surface area contributed by atoms with Gasteiger partial charge in [-0.25, -0.2) is 0 Å². The third kappa shape index (κ3) is 4.23. The molecule has 9 aromatic carbocycles. The smallest absolute Gasteiger partial charge is 0.0622 e. The maximum absolute atomic E-state index is 9.69. The first-order chi connectivity index (χ1) is 34.5. The number of benzene rings is 9. The molecule has 0 N–H and O–H groups in total. The predicted molar refractivity (Wildman–Crippen MR) is 198 cm³/mol. The highest BCUT2D eigenvalue weighted by Gasteiger charge is 2.19. The van der Waals surface area contributed by atoms with Crippen LogP contribution in [0.25, 0.3) is 87.6 Å². The summed E-state index contributed by atoms with van der Waals surface area (Å²) in [5.41, 5.74) is -5.33. The van der Waals surface area contributed by atoms with Gasteiger partial charge in [0, 0.05) is 0 Å². The zero-order valence-corrected chi connectivity index (χ0v) is 23.2. The highest BCUT2D eigenvalue weighted by Crippen LogP contribution is 2.46. The Morgan fingerprint density at radius 2 is 0.761 bits per heavy atom. The maximum atomic E-state index is 9.69. The van der Waals surface area contributed by atoms with Gasteiger partial charge in [0.15, 0.2) is 0 Å². The minimum absolute atomic E-state index is 0.445. The lowest BCUT2D eigenvalue weighted by Crippen LogP contribution is -1.92. The number of fused-ring (bicyclic) bond motifs is 4. The van der Waals surface area contributed by atoms with E-state index in [0.29, 0.717) is 0 Å². The first-order valence-corrected chi connectivity index (χ1v) is 13.7. The second-order valence-corrected chi connectivity index (χ2v) is 9.90. The highest BCUT2D eigenvalue weighted by molar-refractivity contribution is 6.24. The molecule has 0 amide bonds. The number of hydrogen-bond acceptors (Lipinski definition) is 0. The van der Waals surface area contributed by atoms with Crippen molar-refractivity contribution in [1.82, 2.24) is 0 Å². The highest BCUT2D eigenvalue weighted by atomic mass is 14.2. The van der Waals surface area contributed by atoms with Gasteiger partial charge < -0.3 is 0 Å². The van der Waals surface area contributed by atoms with Crippen molar-refractivity contribution in [3.8, 4) is 44.5 Å². The summed E-state index contributed by atoms with van der Waals surface area (Å²) in [7, 11) is 0. The van der Waals surface area contributed by atoms with Gasteiger partial charge in [0.05, 0.1) is 38.4 Å². The van der Waals surface area contributed by atoms with E-state index >= 15 is 0 Å². The summed E-state index contributed by atoms with van der Waals surface area (Å²) in [6.45, 7) is 0. The largest absolute Gasteiger partial charge is 0.0630 e. The van der Waals surface area contributed by atoms with E-state index in [1.54, 1.807) is 0 Å². The molecule has 46 heavy (non-hydrogen) atoms. The molecule has 0 radical (unpaired) electrons. The number of rotatable bonds is 4. The molecular formula is C46H30. The zero-order chi connectivity index (χ0) is 54.8. The van der Waals surface area contributed by atoms with Gasteiger partial charge >= 0.3 is 0 Å². The summed E-state index contributed by atoms with van der Waals surface area (Å²) in [5, 5.41) is -4.51. The summed E-state index contributed by atoms with van der Waals surface area (Å²) in [4.78, 5) is 0. The topological polar surface area (TPSA) is 0 Å². The molecule has 0 atom stereocenters. The van der Waals surface area contributed by atoms with Crippen LogP contribution in [0.15, 0.2) is 181 Å². The van der Waals surface area contributed by atoms with Gasteiger partial charge in [0.2, 0.25) is 0 Å². The van der Waals surface area contributed by atoms with Crippen molar-refractivity contribution in [3.63, 3.8) is 0 Å². The van der Waals surface area contributed by atoms with Crippen LogP contribution < -0.4 is 0 Å². The van der Waals surface area contributed by atoms with Crippen molar-refractivity contribution in [1.29, 1.82) is 0 Å². The molecule has 214 valence electrons. The molecule has 0 saturated heterocycles. The van der Waals surface area contributed by atoms with Crippen molar-refractivity contribution in [2.45, 2.75) is 0 Å². The second kappa shape index (κ2) is 10.9. The van der Waals surface area contributed by atoms with Crippen LogP contribution in [-0.2, 0) is 0 Å². The average Bonchev–Trinajstić information content (AvgIpc) is 3.36. The molecule has 0 aliphatic carbocycles. The summed E-state index contributed by atoms with van der Waals surface area (Å²) in [6, 6.07) is -23.0. The Hall–Kier alpha value is -5.98. The molecule has 0 aliphatic rings. The molecule has 0 bridgehead atoms. The van der Waals surface area contributed by atoms with E-state index in [1.807, 2.05) is 0 Å². The fourth-order valence-electron chi connectivity index (χ4n) is 5.52. The maximum Gasteiger partial charge on any atom is 0.0630 e. The Morgan fingerprint density at radius 1 is 0.261 bits per heavy atom. The molecule has 0 fully saturated rings. The molecule has 0 aliphatic heterocycles. The van der Waals surface area contributed by atoms with Crippen LogP contribution in [0.3, 0.4) is 0 Å². The summed E-state index contributed by atoms with van der Waals surface area (Å²) >= 11 is 0. The lowest BCUT2D eigenvalue weighted by Gasteiger charge is -2.20. The SMILES string of the molecule is [2H]c1cc2c(-c3c4c([2H])c([2H])c([2H])cc4c(-c4c([2H])c([2H])c(-c5c([2H])c([2H])c([2H])c6c([2H])c([2H])c([2H])c([2H])c56)c([2H])c4[2H])c4c([2H])c([2H])c([2H])c([2H])c34)c([2H])c([2H])c(-c3c([2H])c([2H])c([2H])c([2H])c3[2H])c2c([2H])c1[2H]. The standard InChI is InChI=1S/C46H30/c1-2-13-31(14-3-1)37-29-30-44(39-19-7-6-18-38(37)39)46-42-22-10-8-20-40(42)45(41-21-9-11-23-43(41)46)34-27-25-33(26-28-34)36-24-12-16-32-15-4-5-17-35(32)36/h1-30H/i1D,2D,3D,4D,5D,6D,7D,8D,9D,10D,11D,12D,13D,14D,15D,16D,17D,18D,20D,22D,23D,24D,25D,26D,27D,28D,29D,30D. The molecular weight excluding hydrogens is 553 g/mol. The van der Waals surface area contributed by atoms with Crippen LogP contribution >= 0.6 is 0 Å². The van der Waals surface area contributed by atoms with Crippen molar-refractivity contribution in [2.24, 2.45) is 0 Å². The van der Waals surface area contributed by atoms with Crippen LogP contribution in [0.1, 0.15) is 38.4 Å². The lowest BCUT2D eigenvalue weighted by atomic mass is 9.83. The third-order valence-corrected chi connectivity index (χ3v) is 7.47. The molecule has 0 heterocycles. The molecule has 0 nitrogen and oxygen atoms in total. The second-order valence-electron chi connectivity index (χ2n) is 9.90. The quantitative estimate of drug-likeness (QED) is 0.174. The van der Waals surface area contributed by atoms with Gasteiger partial charge in [-0.15, -0.1) is 0 Å². The Bertz CT molecular complexity index is 4090. The van der Waals surface area contributed by atoms with Crippen molar-refractivity contribution < 1.29 is 38.4 Å². The van der Waals surface area contributed by atoms with E-state index < -0.39 is 257 Å². The first-order valence-electron chi connectivity index (χ1n) is 27.7. The van der Waals surface area contributed by atoms with Gasteiger partial charge in [0.1, 0.15) is 0 Å². The summed E-state index contributed by atoms with van der Waals surface area (Å²) in [5.74, 6) is 0. The van der Waals surface area contributed by atoms with Crippen LogP contribution in [-0.4, -0.2) is 0 Å². The minimum atomic E-state index is -1.03. The predicted octanol–water partition coefficient (Wildman–Crippen LogP) is 13.0. The van der Waals surface area contributed by atoms with Crippen LogP contribution in [0, 0.1) is 0 Å².